The number of piperazine rings is 1. The summed E-state index contributed by atoms with van der Waals surface area (Å²) in [5.74, 6) is -0.560. The number of anilines is 2. The van der Waals surface area contributed by atoms with Gasteiger partial charge in [-0.25, -0.2) is 9.78 Å². The Hall–Kier alpha value is -4.06. The SMILES string of the molecule is CC1(C)CCC(CN2CCN(c3ccc(C(=O)O)c(Oc4cnc(N)c(C#N)c4)c3)CC2)=C(c2ccc(Cl)cc2)C1. The van der Waals surface area contributed by atoms with Gasteiger partial charge in [0.05, 0.1) is 11.8 Å². The van der Waals surface area contributed by atoms with E-state index in [-0.39, 0.29) is 33.9 Å². The number of carboxylic acids is 1. The Bertz CT molecular complexity index is 1520. The van der Waals surface area contributed by atoms with Crippen molar-refractivity contribution in [3.8, 4) is 17.6 Å². The zero-order valence-electron chi connectivity index (χ0n) is 23.4. The molecule has 2 aromatic carbocycles. The van der Waals surface area contributed by atoms with Crippen molar-refractivity contribution >= 4 is 34.6 Å². The molecule has 0 amide bonds. The van der Waals surface area contributed by atoms with E-state index in [1.54, 1.807) is 12.1 Å². The van der Waals surface area contributed by atoms with Crippen LogP contribution in [0.1, 0.15) is 54.6 Å². The van der Waals surface area contributed by atoms with Gasteiger partial charge in [0.1, 0.15) is 28.9 Å². The Kier molecular flexibility index (Phi) is 8.20. The number of benzene rings is 2. The standard InChI is InChI=1S/C32H34ClN5O3/c1-32(2)10-9-22(28(17-32)21-3-5-24(33)6-4-21)20-37-11-13-38(14-12-37)25-7-8-27(31(39)40)29(16-25)41-26-15-23(18-34)30(35)36-19-26/h3-8,15-16,19H,9-14,17,20H2,1-2H3,(H2,35,36)(H,39,40). The summed E-state index contributed by atoms with van der Waals surface area (Å²) in [6.07, 6.45) is 4.71. The fourth-order valence-electron chi connectivity index (χ4n) is 5.60. The number of allylic oxidation sites excluding steroid dienone is 1. The molecule has 5 rings (SSSR count). The van der Waals surface area contributed by atoms with E-state index >= 15 is 0 Å². The Balaban J connectivity index is 1.30. The van der Waals surface area contributed by atoms with Crippen LogP contribution in [0.15, 0.2) is 60.3 Å². The van der Waals surface area contributed by atoms with E-state index in [0.717, 1.165) is 56.3 Å². The van der Waals surface area contributed by atoms with Crippen LogP contribution < -0.4 is 15.4 Å². The maximum Gasteiger partial charge on any atom is 0.339 e. The summed E-state index contributed by atoms with van der Waals surface area (Å²) in [6.45, 7) is 9.04. The largest absolute Gasteiger partial charge is 0.478 e. The molecule has 1 saturated heterocycles. The van der Waals surface area contributed by atoms with Crippen LogP contribution in [0.4, 0.5) is 11.5 Å². The average molecular weight is 572 g/mol. The van der Waals surface area contributed by atoms with Crippen molar-refractivity contribution in [3.05, 3.63) is 82.0 Å². The summed E-state index contributed by atoms with van der Waals surface area (Å²) in [5, 5.41) is 19.7. The second-order valence-electron chi connectivity index (χ2n) is 11.5. The molecule has 0 saturated carbocycles. The fraction of sp³-hybridized carbons (Fsp3) is 0.344. The third-order valence-electron chi connectivity index (χ3n) is 7.97. The van der Waals surface area contributed by atoms with Crippen LogP contribution >= 0.6 is 11.6 Å². The van der Waals surface area contributed by atoms with E-state index in [2.05, 4.69) is 40.8 Å². The van der Waals surface area contributed by atoms with Gasteiger partial charge in [0, 0.05) is 55.6 Å². The van der Waals surface area contributed by atoms with Gasteiger partial charge in [0.15, 0.2) is 0 Å². The van der Waals surface area contributed by atoms with Gasteiger partial charge < -0.3 is 20.5 Å². The first-order chi connectivity index (χ1) is 19.6. The topological polar surface area (TPSA) is 116 Å². The molecule has 3 aromatic rings. The molecule has 1 aromatic heterocycles. The van der Waals surface area contributed by atoms with Crippen LogP contribution in [-0.4, -0.2) is 53.7 Å². The molecule has 41 heavy (non-hydrogen) atoms. The second kappa shape index (κ2) is 11.8. The first-order valence-electron chi connectivity index (χ1n) is 13.8. The number of hydrogen-bond donors (Lipinski definition) is 2. The molecule has 1 aliphatic heterocycles. The summed E-state index contributed by atoms with van der Waals surface area (Å²) in [4.78, 5) is 20.6. The summed E-state index contributed by atoms with van der Waals surface area (Å²) in [7, 11) is 0. The van der Waals surface area contributed by atoms with Crippen LogP contribution in [0.5, 0.6) is 11.5 Å². The molecule has 212 valence electrons. The van der Waals surface area contributed by atoms with Gasteiger partial charge in [-0.1, -0.05) is 43.2 Å². The molecule has 9 heteroatoms. The van der Waals surface area contributed by atoms with Crippen LogP contribution in [0, 0.1) is 16.7 Å². The lowest BCUT2D eigenvalue weighted by Gasteiger charge is -2.39. The summed E-state index contributed by atoms with van der Waals surface area (Å²) >= 11 is 6.17. The smallest absolute Gasteiger partial charge is 0.339 e. The zero-order chi connectivity index (χ0) is 29.1. The number of nitriles is 1. The fourth-order valence-corrected chi connectivity index (χ4v) is 5.72. The van der Waals surface area contributed by atoms with Crippen LogP contribution in [0.3, 0.4) is 0 Å². The molecule has 1 fully saturated rings. The first kappa shape index (κ1) is 28.5. The number of rotatable bonds is 7. The molecule has 1 aliphatic carbocycles. The predicted octanol–water partition coefficient (Wildman–Crippen LogP) is 6.47. The highest BCUT2D eigenvalue weighted by Gasteiger charge is 2.29. The number of nitrogen functional groups attached to an aromatic ring is 1. The summed E-state index contributed by atoms with van der Waals surface area (Å²) in [6, 6.07) is 16.8. The second-order valence-corrected chi connectivity index (χ2v) is 11.9. The third-order valence-corrected chi connectivity index (χ3v) is 8.22. The van der Waals surface area contributed by atoms with Gasteiger partial charge in [-0.3, -0.25) is 4.90 Å². The Morgan fingerprint density at radius 1 is 1.15 bits per heavy atom. The number of hydrogen-bond acceptors (Lipinski definition) is 7. The first-order valence-corrected chi connectivity index (χ1v) is 14.1. The summed E-state index contributed by atoms with van der Waals surface area (Å²) < 4.78 is 5.90. The lowest BCUT2D eigenvalue weighted by Crippen LogP contribution is -2.47. The zero-order valence-corrected chi connectivity index (χ0v) is 24.1. The van der Waals surface area contributed by atoms with Crippen molar-refractivity contribution < 1.29 is 14.6 Å². The Morgan fingerprint density at radius 2 is 1.88 bits per heavy atom. The van der Waals surface area contributed by atoms with Crippen LogP contribution in [-0.2, 0) is 0 Å². The molecular weight excluding hydrogens is 538 g/mol. The van der Waals surface area contributed by atoms with E-state index in [9.17, 15) is 15.2 Å². The van der Waals surface area contributed by atoms with Crippen molar-refractivity contribution in [3.63, 3.8) is 0 Å². The van der Waals surface area contributed by atoms with Gasteiger partial charge in [-0.2, -0.15) is 5.26 Å². The van der Waals surface area contributed by atoms with E-state index in [4.69, 9.17) is 22.1 Å². The highest BCUT2D eigenvalue weighted by molar-refractivity contribution is 6.30. The summed E-state index contributed by atoms with van der Waals surface area (Å²) in [5.41, 5.74) is 11.3. The molecular formula is C32H34ClN5O3. The molecule has 0 atom stereocenters. The maximum absolute atomic E-state index is 11.9. The van der Waals surface area contributed by atoms with Gasteiger partial charge in [0.2, 0.25) is 0 Å². The van der Waals surface area contributed by atoms with E-state index in [1.807, 2.05) is 24.3 Å². The number of aromatic carboxylic acids is 1. The lowest BCUT2D eigenvalue weighted by atomic mass is 9.72. The number of aromatic nitrogens is 1. The number of ether oxygens (including phenoxy) is 1. The van der Waals surface area contributed by atoms with Crippen molar-refractivity contribution in [1.29, 1.82) is 5.26 Å². The molecule has 2 aliphatic rings. The van der Waals surface area contributed by atoms with Crippen molar-refractivity contribution in [1.82, 2.24) is 9.88 Å². The highest BCUT2D eigenvalue weighted by atomic mass is 35.5. The highest BCUT2D eigenvalue weighted by Crippen LogP contribution is 2.43. The van der Waals surface area contributed by atoms with Crippen molar-refractivity contribution in [2.75, 3.05) is 43.4 Å². The van der Waals surface area contributed by atoms with Crippen LogP contribution in [0.2, 0.25) is 5.02 Å². The number of nitrogens with zero attached hydrogens (tertiary/aromatic N) is 4. The monoisotopic (exact) mass is 571 g/mol. The van der Waals surface area contributed by atoms with Gasteiger partial charge in [-0.15, -0.1) is 0 Å². The normalized spacial score (nSPS) is 17.3. The molecule has 0 bridgehead atoms. The van der Waals surface area contributed by atoms with E-state index < -0.39 is 5.97 Å². The van der Waals surface area contributed by atoms with E-state index in [0.29, 0.717) is 0 Å². The minimum absolute atomic E-state index is 0.0320. The molecule has 8 nitrogen and oxygen atoms in total. The number of nitrogens with two attached hydrogens (primary N) is 1. The van der Waals surface area contributed by atoms with Gasteiger partial charge >= 0.3 is 5.97 Å². The van der Waals surface area contributed by atoms with Crippen LogP contribution in [0.25, 0.3) is 5.57 Å². The van der Waals surface area contributed by atoms with Crippen molar-refractivity contribution in [2.24, 2.45) is 5.41 Å². The lowest BCUT2D eigenvalue weighted by molar-refractivity contribution is 0.0694. The van der Waals surface area contributed by atoms with E-state index in [1.165, 1.54) is 35.4 Å². The average Bonchev–Trinajstić information content (AvgIpc) is 2.95. The minimum atomic E-state index is -1.10. The molecule has 3 N–H and O–H groups in total. The maximum atomic E-state index is 11.9. The Labute approximate surface area is 245 Å². The predicted molar refractivity (Wildman–Crippen MR) is 161 cm³/mol. The number of carbonyl (C=O) groups is 1. The third kappa shape index (κ3) is 6.64. The molecule has 0 spiro atoms. The van der Waals surface area contributed by atoms with Gasteiger partial charge in [0.25, 0.3) is 0 Å². The number of carboxylic acid groups (broad SMARTS) is 1. The van der Waals surface area contributed by atoms with Crippen molar-refractivity contribution in [2.45, 2.75) is 33.1 Å². The quantitative estimate of drug-likeness (QED) is 0.332. The molecule has 2 heterocycles. The number of halogens is 1. The minimum Gasteiger partial charge on any atom is -0.478 e. The molecule has 0 radical (unpaired) electrons. The Morgan fingerprint density at radius 3 is 2.56 bits per heavy atom. The van der Waals surface area contributed by atoms with Gasteiger partial charge in [-0.05, 0) is 60.1 Å². The number of pyridine rings is 1. The molecule has 0 unspecified atom stereocenters.